The lowest BCUT2D eigenvalue weighted by atomic mass is 10.2. The molecule has 0 aliphatic rings. The van der Waals surface area contributed by atoms with Crippen LogP contribution in [0.3, 0.4) is 0 Å². The van der Waals surface area contributed by atoms with Gasteiger partial charge in [0.1, 0.15) is 4.92 Å². The van der Waals surface area contributed by atoms with Crippen LogP contribution in [0.25, 0.3) is 0 Å². The van der Waals surface area contributed by atoms with Gasteiger partial charge in [-0.25, -0.2) is 0 Å². The first-order chi connectivity index (χ1) is 13.1. The van der Waals surface area contributed by atoms with Gasteiger partial charge in [0.05, 0.1) is 12.3 Å². The van der Waals surface area contributed by atoms with E-state index in [-0.39, 0.29) is 5.88 Å². The van der Waals surface area contributed by atoms with Crippen LogP contribution in [0.15, 0.2) is 55.5 Å². The Bertz CT molecular complexity index is 952. The molecule has 0 saturated carbocycles. The maximum Gasteiger partial charge on any atom is 0.433 e. The highest BCUT2D eigenvalue weighted by Crippen LogP contribution is 2.23. The zero-order chi connectivity index (χ0) is 19.2. The molecule has 2 aromatic heterocycles. The number of benzene rings is 1. The van der Waals surface area contributed by atoms with Crippen LogP contribution >= 0.6 is 27.7 Å². The van der Waals surface area contributed by atoms with Crippen molar-refractivity contribution in [2.24, 2.45) is 5.10 Å². The van der Waals surface area contributed by atoms with E-state index in [1.807, 2.05) is 31.2 Å². The monoisotopic (exact) mass is 449 g/mol. The van der Waals surface area contributed by atoms with Crippen LogP contribution in [0.2, 0.25) is 0 Å². The van der Waals surface area contributed by atoms with E-state index in [2.05, 4.69) is 31.2 Å². The van der Waals surface area contributed by atoms with Crippen molar-refractivity contribution in [2.75, 3.05) is 0 Å². The molecule has 1 aromatic carbocycles. The Morgan fingerprint density at radius 3 is 2.74 bits per heavy atom. The average Bonchev–Trinajstić information content (AvgIpc) is 3.27. The predicted octanol–water partition coefficient (Wildman–Crippen LogP) is 4.67. The molecule has 0 spiro atoms. The number of aromatic nitrogens is 3. The van der Waals surface area contributed by atoms with E-state index >= 15 is 0 Å². The van der Waals surface area contributed by atoms with Gasteiger partial charge < -0.3 is 4.42 Å². The number of furan rings is 1. The molecular weight excluding hydrogens is 434 g/mol. The molecule has 0 aliphatic heterocycles. The summed E-state index contributed by atoms with van der Waals surface area (Å²) in [6.07, 6.45) is 3.05. The molecule has 0 N–H and O–H groups in total. The van der Waals surface area contributed by atoms with Crippen LogP contribution in [0.5, 0.6) is 0 Å². The number of nitrogens with zero attached hydrogens (tertiary/aromatic N) is 5. The summed E-state index contributed by atoms with van der Waals surface area (Å²) in [5, 5.41) is 24.2. The molecule has 3 rings (SSSR count). The Labute approximate surface area is 168 Å². The van der Waals surface area contributed by atoms with E-state index in [1.165, 1.54) is 30.1 Å². The minimum Gasteiger partial charge on any atom is -0.400 e. The molecule has 0 bridgehead atoms. The number of hydrogen-bond acceptors (Lipinski definition) is 7. The molecular formula is C17H16BrN5O3S. The van der Waals surface area contributed by atoms with Crippen molar-refractivity contribution < 1.29 is 9.34 Å². The largest absolute Gasteiger partial charge is 0.433 e. The summed E-state index contributed by atoms with van der Waals surface area (Å²) in [4.78, 5) is 10.1. The fraction of sp³-hybridized carbons (Fsp3) is 0.235. The molecule has 0 radical (unpaired) electrons. The van der Waals surface area contributed by atoms with Gasteiger partial charge in [0.25, 0.3) is 0 Å². The molecule has 0 saturated heterocycles. The molecule has 0 atom stereocenters. The van der Waals surface area contributed by atoms with Gasteiger partial charge >= 0.3 is 5.88 Å². The molecule has 0 unspecified atom stereocenters. The summed E-state index contributed by atoms with van der Waals surface area (Å²) in [5.74, 6) is 1.42. The minimum absolute atomic E-state index is 0.293. The fourth-order valence-corrected chi connectivity index (χ4v) is 3.36. The van der Waals surface area contributed by atoms with Gasteiger partial charge in [0, 0.05) is 16.6 Å². The Morgan fingerprint density at radius 1 is 1.30 bits per heavy atom. The van der Waals surface area contributed by atoms with Crippen molar-refractivity contribution >= 4 is 39.8 Å². The number of thioether (sulfide) groups is 1. The first kappa shape index (κ1) is 19.3. The summed E-state index contributed by atoms with van der Waals surface area (Å²) in [6.45, 7) is 2.05. The molecule has 0 amide bonds. The highest BCUT2D eigenvalue weighted by molar-refractivity contribution is 9.10. The molecule has 3 aromatic rings. The third-order valence-corrected chi connectivity index (χ3v) is 5.04. The van der Waals surface area contributed by atoms with E-state index in [4.69, 9.17) is 4.42 Å². The lowest BCUT2D eigenvalue weighted by molar-refractivity contribution is -0.402. The van der Waals surface area contributed by atoms with Crippen LogP contribution in [-0.2, 0) is 12.2 Å². The standard InChI is InChI=1S/C17H16BrN5O3S/c1-2-3-15-20-21-17(27-11-12-4-6-13(18)7-5-12)22(15)19-10-14-8-9-16(26-14)23(24)25/h4-10H,2-3,11H2,1H3/b19-10+. The second-order valence-corrected chi connectivity index (χ2v) is 7.41. The van der Waals surface area contributed by atoms with Crippen molar-refractivity contribution in [1.82, 2.24) is 14.9 Å². The van der Waals surface area contributed by atoms with Crippen molar-refractivity contribution in [3.05, 3.63) is 68.1 Å². The van der Waals surface area contributed by atoms with Gasteiger partial charge in [-0.15, -0.1) is 10.2 Å². The molecule has 140 valence electrons. The van der Waals surface area contributed by atoms with Crippen LogP contribution < -0.4 is 0 Å². The maximum absolute atomic E-state index is 10.7. The topological polar surface area (TPSA) is 99.3 Å². The van der Waals surface area contributed by atoms with Crippen LogP contribution in [-0.4, -0.2) is 26.0 Å². The van der Waals surface area contributed by atoms with Crippen molar-refractivity contribution in [3.8, 4) is 0 Å². The van der Waals surface area contributed by atoms with E-state index in [9.17, 15) is 10.1 Å². The molecule has 8 nitrogen and oxygen atoms in total. The van der Waals surface area contributed by atoms with Gasteiger partial charge in [-0.3, -0.25) is 10.1 Å². The number of aryl methyl sites for hydroxylation is 1. The SMILES string of the molecule is CCCc1nnc(SCc2ccc(Br)cc2)n1/N=C/c1ccc([N+](=O)[O-])o1. The number of halogens is 1. The van der Waals surface area contributed by atoms with Crippen LogP contribution in [0.1, 0.15) is 30.5 Å². The number of nitro groups is 1. The molecule has 10 heteroatoms. The first-order valence-corrected chi connectivity index (χ1v) is 9.94. The maximum atomic E-state index is 10.7. The van der Waals surface area contributed by atoms with Crippen molar-refractivity contribution in [3.63, 3.8) is 0 Å². The third-order valence-electron chi connectivity index (χ3n) is 3.52. The Hall–Kier alpha value is -2.46. The van der Waals surface area contributed by atoms with Gasteiger partial charge in [-0.05, 0) is 30.2 Å². The summed E-state index contributed by atoms with van der Waals surface area (Å²) >= 11 is 4.94. The van der Waals surface area contributed by atoms with Crippen LogP contribution in [0.4, 0.5) is 5.88 Å². The fourth-order valence-electron chi connectivity index (χ4n) is 2.23. The van der Waals surface area contributed by atoms with Crippen LogP contribution in [0, 0.1) is 10.1 Å². The molecule has 27 heavy (non-hydrogen) atoms. The summed E-state index contributed by atoms with van der Waals surface area (Å²) in [5.41, 5.74) is 1.15. The molecule has 2 heterocycles. The highest BCUT2D eigenvalue weighted by atomic mass is 79.9. The van der Waals surface area contributed by atoms with E-state index in [0.29, 0.717) is 10.9 Å². The Balaban J connectivity index is 1.79. The van der Waals surface area contributed by atoms with Gasteiger partial charge in [-0.2, -0.15) is 9.78 Å². The van der Waals surface area contributed by atoms with E-state index < -0.39 is 4.92 Å². The summed E-state index contributed by atoms with van der Waals surface area (Å²) < 4.78 is 7.79. The molecule has 0 fully saturated rings. The zero-order valence-electron chi connectivity index (χ0n) is 14.4. The Kier molecular flexibility index (Phi) is 6.40. The van der Waals surface area contributed by atoms with Crippen molar-refractivity contribution in [2.45, 2.75) is 30.7 Å². The lowest BCUT2D eigenvalue weighted by Crippen LogP contribution is -2.00. The number of rotatable bonds is 8. The first-order valence-electron chi connectivity index (χ1n) is 8.17. The quantitative estimate of drug-likeness (QED) is 0.214. The second-order valence-electron chi connectivity index (χ2n) is 5.55. The number of hydrogen-bond donors (Lipinski definition) is 0. The van der Waals surface area contributed by atoms with Gasteiger partial charge in [0.2, 0.25) is 5.16 Å². The average molecular weight is 450 g/mol. The normalized spacial score (nSPS) is 11.3. The zero-order valence-corrected chi connectivity index (χ0v) is 16.8. The minimum atomic E-state index is -0.585. The Morgan fingerprint density at radius 2 is 2.07 bits per heavy atom. The van der Waals surface area contributed by atoms with Gasteiger partial charge in [0.15, 0.2) is 11.6 Å². The molecule has 0 aliphatic carbocycles. The van der Waals surface area contributed by atoms with Crippen molar-refractivity contribution in [1.29, 1.82) is 0 Å². The third kappa shape index (κ3) is 5.04. The summed E-state index contributed by atoms with van der Waals surface area (Å²) in [7, 11) is 0. The second kappa shape index (κ2) is 8.96. The predicted molar refractivity (Wildman–Crippen MR) is 106 cm³/mol. The highest BCUT2D eigenvalue weighted by Gasteiger charge is 2.13. The van der Waals surface area contributed by atoms with E-state index in [0.717, 1.165) is 34.5 Å². The van der Waals surface area contributed by atoms with E-state index in [1.54, 1.807) is 4.68 Å². The smallest absolute Gasteiger partial charge is 0.400 e. The van der Waals surface area contributed by atoms with Gasteiger partial charge in [-0.1, -0.05) is 46.7 Å². The lowest BCUT2D eigenvalue weighted by Gasteiger charge is -2.04. The summed E-state index contributed by atoms with van der Waals surface area (Å²) in [6, 6.07) is 10.9.